The first-order valence-electron chi connectivity index (χ1n) is 8.46. The number of aromatic nitrogens is 2. The van der Waals surface area contributed by atoms with Crippen molar-refractivity contribution in [3.63, 3.8) is 0 Å². The van der Waals surface area contributed by atoms with Crippen molar-refractivity contribution in [1.82, 2.24) is 20.0 Å². The second kappa shape index (κ2) is 6.68. The van der Waals surface area contributed by atoms with Gasteiger partial charge in [0.1, 0.15) is 12.1 Å². The van der Waals surface area contributed by atoms with Gasteiger partial charge in [0, 0.05) is 31.4 Å². The minimum atomic E-state index is -4.47. The summed E-state index contributed by atoms with van der Waals surface area (Å²) in [6, 6.07) is 1.63. The summed E-state index contributed by atoms with van der Waals surface area (Å²) >= 11 is 0. The fourth-order valence-corrected chi connectivity index (χ4v) is 3.44. The number of nitrogens with one attached hydrogen (secondary N) is 1. The fourth-order valence-electron chi connectivity index (χ4n) is 3.44. The normalized spacial score (nSPS) is 20.8. The first-order chi connectivity index (χ1) is 11.8. The monoisotopic (exact) mass is 358 g/mol. The molecule has 2 aliphatic rings. The van der Waals surface area contributed by atoms with Crippen LogP contribution < -0.4 is 5.32 Å². The molecule has 0 aromatic carbocycles. The molecule has 25 heavy (non-hydrogen) atoms. The van der Waals surface area contributed by atoms with Gasteiger partial charge >= 0.3 is 6.18 Å². The molecular formula is C16H21F3N4O2. The second-order valence-corrected chi connectivity index (χ2v) is 6.73. The largest absolute Gasteiger partial charge is 0.405 e. The molecule has 1 saturated heterocycles. The first-order valence-corrected chi connectivity index (χ1v) is 8.46. The third kappa shape index (κ3) is 3.64. The number of alkyl halides is 3. The number of likely N-dealkylation sites (tertiary alicyclic amines) is 1. The van der Waals surface area contributed by atoms with Gasteiger partial charge in [-0.2, -0.15) is 18.3 Å². The van der Waals surface area contributed by atoms with Gasteiger partial charge in [0.2, 0.25) is 11.8 Å². The Balaban J connectivity index is 1.71. The fraction of sp³-hybridized carbons (Fsp3) is 0.688. The average molecular weight is 358 g/mol. The van der Waals surface area contributed by atoms with Crippen LogP contribution in [0.5, 0.6) is 0 Å². The van der Waals surface area contributed by atoms with Gasteiger partial charge in [0.25, 0.3) is 0 Å². The van der Waals surface area contributed by atoms with E-state index in [1.54, 1.807) is 17.2 Å². The predicted molar refractivity (Wildman–Crippen MR) is 82.4 cm³/mol. The minimum absolute atomic E-state index is 0.0660. The molecule has 9 heteroatoms. The van der Waals surface area contributed by atoms with Crippen LogP contribution in [0.2, 0.25) is 0 Å². The summed E-state index contributed by atoms with van der Waals surface area (Å²) in [5.41, 5.74) is -1.19. The molecule has 6 nitrogen and oxygen atoms in total. The molecule has 1 aliphatic carbocycles. The molecule has 3 rings (SSSR count). The first kappa shape index (κ1) is 17.8. The third-order valence-electron chi connectivity index (χ3n) is 5.17. The zero-order valence-corrected chi connectivity index (χ0v) is 13.8. The summed E-state index contributed by atoms with van der Waals surface area (Å²) < 4.78 is 38.8. The predicted octanol–water partition coefficient (Wildman–Crippen LogP) is 1.68. The zero-order valence-electron chi connectivity index (χ0n) is 13.8. The lowest BCUT2D eigenvalue weighted by molar-refractivity contribution is -0.149. The summed E-state index contributed by atoms with van der Waals surface area (Å²) in [5, 5.41) is 6.06. The van der Waals surface area contributed by atoms with Crippen molar-refractivity contribution in [2.45, 2.75) is 43.8 Å². The van der Waals surface area contributed by atoms with E-state index in [1.165, 1.54) is 10.9 Å². The van der Waals surface area contributed by atoms with Crippen LogP contribution in [-0.2, 0) is 15.1 Å². The molecule has 1 saturated carbocycles. The number of carbonyl (C=O) groups excluding carboxylic acids is 2. The number of halogens is 3. The number of hydrogen-bond donors (Lipinski definition) is 1. The van der Waals surface area contributed by atoms with Gasteiger partial charge in [-0.1, -0.05) is 6.42 Å². The Morgan fingerprint density at radius 2 is 1.92 bits per heavy atom. The summed E-state index contributed by atoms with van der Waals surface area (Å²) in [6.07, 6.45) is 1.94. The smallest absolute Gasteiger partial charge is 0.345 e. The lowest BCUT2D eigenvalue weighted by Crippen LogP contribution is -2.57. The quantitative estimate of drug-likeness (QED) is 0.891. The molecule has 0 unspecified atom stereocenters. The highest BCUT2D eigenvalue weighted by Crippen LogP contribution is 2.34. The van der Waals surface area contributed by atoms with Crippen LogP contribution in [0.1, 0.15) is 32.1 Å². The molecule has 1 aromatic rings. The van der Waals surface area contributed by atoms with Gasteiger partial charge in [0.05, 0.1) is 0 Å². The Morgan fingerprint density at radius 3 is 2.40 bits per heavy atom. The Hall–Kier alpha value is -2.06. The molecule has 1 aliphatic heterocycles. The number of nitrogens with zero attached hydrogens (tertiary/aromatic N) is 3. The summed E-state index contributed by atoms with van der Waals surface area (Å²) in [5.74, 6) is -0.545. The van der Waals surface area contributed by atoms with Crippen molar-refractivity contribution < 1.29 is 22.8 Å². The molecule has 2 amide bonds. The highest BCUT2D eigenvalue weighted by atomic mass is 19.4. The molecule has 2 heterocycles. The highest BCUT2D eigenvalue weighted by molar-refractivity contribution is 5.85. The Morgan fingerprint density at radius 1 is 1.24 bits per heavy atom. The molecule has 138 valence electrons. The second-order valence-electron chi connectivity index (χ2n) is 6.73. The van der Waals surface area contributed by atoms with E-state index in [4.69, 9.17) is 0 Å². The molecule has 1 N–H and O–H groups in total. The Bertz CT molecular complexity index is 618. The topological polar surface area (TPSA) is 67.2 Å². The average Bonchev–Trinajstić information content (AvgIpc) is 3.05. The van der Waals surface area contributed by atoms with Gasteiger partial charge in [-0.25, -0.2) is 0 Å². The summed E-state index contributed by atoms with van der Waals surface area (Å²) in [4.78, 5) is 26.7. The van der Waals surface area contributed by atoms with E-state index in [1.807, 2.05) is 5.32 Å². The van der Waals surface area contributed by atoms with Crippen molar-refractivity contribution in [3.8, 4) is 0 Å². The van der Waals surface area contributed by atoms with Crippen LogP contribution in [0.3, 0.4) is 0 Å². The van der Waals surface area contributed by atoms with Crippen molar-refractivity contribution in [3.05, 3.63) is 18.5 Å². The summed E-state index contributed by atoms with van der Waals surface area (Å²) in [7, 11) is 0. The van der Waals surface area contributed by atoms with Crippen LogP contribution in [-0.4, -0.2) is 52.3 Å². The minimum Gasteiger partial charge on any atom is -0.345 e. The SMILES string of the molecule is O=C(C1CCC1)N1CCC(C(=O)NCC(F)(F)F)(n2cccn2)CC1. The maximum absolute atomic E-state index is 12.6. The maximum atomic E-state index is 12.6. The van der Waals surface area contributed by atoms with Gasteiger partial charge in [-0.3, -0.25) is 14.3 Å². The molecule has 0 spiro atoms. The molecule has 0 atom stereocenters. The van der Waals surface area contributed by atoms with E-state index in [0.29, 0.717) is 13.1 Å². The standard InChI is InChI=1S/C16H21F3N4O2/c17-16(18,19)11-20-14(25)15(23-8-2-7-21-23)5-9-22(10-6-15)13(24)12-3-1-4-12/h2,7-8,12H,1,3-6,9-11H2,(H,20,25). The van der Waals surface area contributed by atoms with Crippen LogP contribution in [0, 0.1) is 5.92 Å². The van der Waals surface area contributed by atoms with Crippen LogP contribution in [0.25, 0.3) is 0 Å². The van der Waals surface area contributed by atoms with E-state index in [0.717, 1.165) is 19.3 Å². The highest BCUT2D eigenvalue weighted by Gasteiger charge is 2.46. The lowest BCUT2D eigenvalue weighted by Gasteiger charge is -2.42. The number of carbonyl (C=O) groups is 2. The van der Waals surface area contributed by atoms with E-state index in [-0.39, 0.29) is 24.7 Å². The van der Waals surface area contributed by atoms with Gasteiger partial charge < -0.3 is 10.2 Å². The molecular weight excluding hydrogens is 337 g/mol. The number of amides is 2. The summed E-state index contributed by atoms with van der Waals surface area (Å²) in [6.45, 7) is -0.692. The van der Waals surface area contributed by atoms with Gasteiger partial charge in [-0.15, -0.1) is 0 Å². The van der Waals surface area contributed by atoms with E-state index in [2.05, 4.69) is 5.10 Å². The third-order valence-corrected chi connectivity index (χ3v) is 5.17. The van der Waals surface area contributed by atoms with Crippen LogP contribution in [0.4, 0.5) is 13.2 Å². The maximum Gasteiger partial charge on any atom is 0.405 e. The molecule has 0 bridgehead atoms. The number of hydrogen-bond acceptors (Lipinski definition) is 3. The van der Waals surface area contributed by atoms with E-state index in [9.17, 15) is 22.8 Å². The van der Waals surface area contributed by atoms with Crippen molar-refractivity contribution in [2.24, 2.45) is 5.92 Å². The molecule has 2 fully saturated rings. The Labute approximate surface area is 143 Å². The van der Waals surface area contributed by atoms with Crippen LogP contribution in [0.15, 0.2) is 18.5 Å². The van der Waals surface area contributed by atoms with Gasteiger partial charge in [0.15, 0.2) is 0 Å². The van der Waals surface area contributed by atoms with E-state index >= 15 is 0 Å². The van der Waals surface area contributed by atoms with Crippen molar-refractivity contribution >= 4 is 11.8 Å². The van der Waals surface area contributed by atoms with Crippen molar-refractivity contribution in [2.75, 3.05) is 19.6 Å². The molecule has 1 aromatic heterocycles. The lowest BCUT2D eigenvalue weighted by atomic mass is 9.82. The van der Waals surface area contributed by atoms with Crippen molar-refractivity contribution in [1.29, 1.82) is 0 Å². The van der Waals surface area contributed by atoms with E-state index < -0.39 is 24.2 Å². The Kier molecular flexibility index (Phi) is 4.75. The van der Waals surface area contributed by atoms with Gasteiger partial charge in [-0.05, 0) is 31.7 Å². The van der Waals surface area contributed by atoms with Crippen LogP contribution >= 0.6 is 0 Å². The number of piperidine rings is 1. The number of rotatable bonds is 4. The molecule has 0 radical (unpaired) electrons. The zero-order chi connectivity index (χ0) is 18.1.